The van der Waals surface area contributed by atoms with Gasteiger partial charge in [-0.15, -0.1) is 0 Å². The van der Waals surface area contributed by atoms with Crippen molar-refractivity contribution < 1.29 is 0 Å². The molecule has 0 saturated carbocycles. The highest BCUT2D eigenvalue weighted by Gasteiger charge is 2.10. The molecule has 20 heavy (non-hydrogen) atoms. The lowest BCUT2D eigenvalue weighted by atomic mass is 10.1. The van der Waals surface area contributed by atoms with E-state index in [1.807, 2.05) is 12.1 Å². The van der Waals surface area contributed by atoms with Gasteiger partial charge in [-0.2, -0.15) is 0 Å². The lowest BCUT2D eigenvalue weighted by molar-refractivity contribution is 0.901. The topological polar surface area (TPSA) is 37.8 Å². The molecule has 1 aromatic carbocycles. The van der Waals surface area contributed by atoms with Crippen molar-refractivity contribution in [2.75, 3.05) is 11.9 Å². The molecule has 0 aliphatic heterocycles. The third-order valence-corrected chi connectivity index (χ3v) is 3.70. The molecule has 0 bridgehead atoms. The van der Waals surface area contributed by atoms with Gasteiger partial charge in [-0.05, 0) is 38.0 Å². The first-order chi connectivity index (χ1) is 9.63. The molecule has 0 unspecified atom stereocenters. The second-order valence-corrected chi connectivity index (χ2v) is 5.66. The van der Waals surface area contributed by atoms with Crippen molar-refractivity contribution in [1.29, 1.82) is 0 Å². The number of nitrogens with zero attached hydrogens (tertiary/aromatic N) is 2. The number of anilines is 1. The molecule has 2 rings (SSSR count). The molecule has 1 heterocycles. The number of benzene rings is 1. The van der Waals surface area contributed by atoms with Gasteiger partial charge in [-0.3, -0.25) is 0 Å². The zero-order valence-electron chi connectivity index (χ0n) is 12.2. The third kappa shape index (κ3) is 3.57. The highest BCUT2D eigenvalue weighted by molar-refractivity contribution is 9.10. The van der Waals surface area contributed by atoms with E-state index >= 15 is 0 Å². The Balaban J connectivity index is 2.32. The summed E-state index contributed by atoms with van der Waals surface area (Å²) < 4.78 is 1.09. The Hall–Kier alpha value is -1.42. The van der Waals surface area contributed by atoms with Crippen LogP contribution in [0.4, 0.5) is 5.82 Å². The second kappa shape index (κ2) is 6.84. The van der Waals surface area contributed by atoms with Gasteiger partial charge < -0.3 is 5.32 Å². The number of hydrogen-bond acceptors (Lipinski definition) is 3. The summed E-state index contributed by atoms with van der Waals surface area (Å²) in [6.07, 6.45) is 1.70. The number of rotatable bonds is 5. The number of aryl methyl sites for hydroxylation is 1. The van der Waals surface area contributed by atoms with Crippen LogP contribution in [-0.4, -0.2) is 16.5 Å². The molecule has 2 aromatic rings. The summed E-state index contributed by atoms with van der Waals surface area (Å²) in [5, 5.41) is 3.35. The lowest BCUT2D eigenvalue weighted by Crippen LogP contribution is -2.10. The van der Waals surface area contributed by atoms with E-state index in [1.165, 1.54) is 11.1 Å². The summed E-state index contributed by atoms with van der Waals surface area (Å²) in [6, 6.07) is 8.28. The maximum absolute atomic E-state index is 4.68. The molecule has 1 N–H and O–H groups in total. The van der Waals surface area contributed by atoms with Crippen LogP contribution in [0.1, 0.15) is 36.5 Å². The number of aromatic nitrogens is 2. The predicted molar refractivity (Wildman–Crippen MR) is 87.3 cm³/mol. The molecule has 0 radical (unpaired) electrons. The minimum Gasteiger partial charge on any atom is -0.370 e. The number of hydrogen-bond donors (Lipinski definition) is 1. The van der Waals surface area contributed by atoms with Crippen LogP contribution in [0.3, 0.4) is 0 Å². The molecule has 106 valence electrons. The molecule has 1 aromatic heterocycles. The summed E-state index contributed by atoms with van der Waals surface area (Å²) in [5.74, 6) is 1.85. The summed E-state index contributed by atoms with van der Waals surface area (Å²) in [6.45, 7) is 7.16. The van der Waals surface area contributed by atoms with E-state index in [4.69, 9.17) is 0 Å². The van der Waals surface area contributed by atoms with Crippen LogP contribution in [0.5, 0.6) is 0 Å². The van der Waals surface area contributed by atoms with E-state index in [0.29, 0.717) is 0 Å². The Kier molecular flexibility index (Phi) is 5.12. The fourth-order valence-corrected chi connectivity index (χ4v) is 2.75. The van der Waals surface area contributed by atoms with Crippen molar-refractivity contribution >= 4 is 21.7 Å². The first kappa shape index (κ1) is 15.0. The van der Waals surface area contributed by atoms with E-state index in [2.05, 4.69) is 64.1 Å². The zero-order chi connectivity index (χ0) is 14.5. The van der Waals surface area contributed by atoms with Crippen LogP contribution >= 0.6 is 15.9 Å². The molecule has 0 aliphatic carbocycles. The van der Waals surface area contributed by atoms with Crippen LogP contribution in [0.25, 0.3) is 0 Å². The Bertz CT molecular complexity index is 596. The van der Waals surface area contributed by atoms with Gasteiger partial charge in [-0.25, -0.2) is 9.97 Å². The SMILES string of the molecule is CCNc1nc(Cc2cccc(Br)c2)nc(C)c1CC. The average Bonchev–Trinajstić information content (AvgIpc) is 2.39. The van der Waals surface area contributed by atoms with Gasteiger partial charge in [0.25, 0.3) is 0 Å². The van der Waals surface area contributed by atoms with Gasteiger partial charge >= 0.3 is 0 Å². The highest BCUT2D eigenvalue weighted by atomic mass is 79.9. The van der Waals surface area contributed by atoms with E-state index in [1.54, 1.807) is 0 Å². The largest absolute Gasteiger partial charge is 0.370 e. The van der Waals surface area contributed by atoms with Gasteiger partial charge in [-0.1, -0.05) is 35.0 Å². The Morgan fingerprint density at radius 1 is 1.20 bits per heavy atom. The average molecular weight is 334 g/mol. The van der Waals surface area contributed by atoms with Gasteiger partial charge in [0.15, 0.2) is 0 Å². The Morgan fingerprint density at radius 3 is 2.65 bits per heavy atom. The molecule has 0 spiro atoms. The monoisotopic (exact) mass is 333 g/mol. The van der Waals surface area contributed by atoms with Gasteiger partial charge in [0.1, 0.15) is 11.6 Å². The lowest BCUT2D eigenvalue weighted by Gasteiger charge is -2.13. The van der Waals surface area contributed by atoms with Gasteiger partial charge in [0.05, 0.1) is 0 Å². The molecule has 0 saturated heterocycles. The van der Waals surface area contributed by atoms with Crippen molar-refractivity contribution in [1.82, 2.24) is 9.97 Å². The predicted octanol–water partition coefficient (Wildman–Crippen LogP) is 4.13. The van der Waals surface area contributed by atoms with Crippen molar-refractivity contribution in [2.24, 2.45) is 0 Å². The molecule has 0 fully saturated rings. The molecule has 4 heteroatoms. The fraction of sp³-hybridized carbons (Fsp3) is 0.375. The smallest absolute Gasteiger partial charge is 0.135 e. The van der Waals surface area contributed by atoms with Crippen molar-refractivity contribution in [2.45, 2.75) is 33.6 Å². The standard InChI is InChI=1S/C16H20BrN3/c1-4-14-11(3)19-15(20-16(14)18-5-2)10-12-7-6-8-13(17)9-12/h6-9H,4-5,10H2,1-3H3,(H,18,19,20). The molecular formula is C16H20BrN3. The van der Waals surface area contributed by atoms with E-state index in [0.717, 1.165) is 41.2 Å². The maximum Gasteiger partial charge on any atom is 0.135 e. The van der Waals surface area contributed by atoms with Crippen molar-refractivity contribution in [3.8, 4) is 0 Å². The highest BCUT2D eigenvalue weighted by Crippen LogP contribution is 2.19. The van der Waals surface area contributed by atoms with Gasteiger partial charge in [0.2, 0.25) is 0 Å². The number of nitrogens with one attached hydrogen (secondary N) is 1. The van der Waals surface area contributed by atoms with Crippen molar-refractivity contribution in [3.63, 3.8) is 0 Å². The molecule has 0 atom stereocenters. The zero-order valence-corrected chi connectivity index (χ0v) is 13.8. The Labute approximate surface area is 129 Å². The van der Waals surface area contributed by atoms with E-state index < -0.39 is 0 Å². The van der Waals surface area contributed by atoms with Crippen LogP contribution in [0.15, 0.2) is 28.7 Å². The van der Waals surface area contributed by atoms with Gasteiger partial charge in [0, 0.05) is 28.7 Å². The van der Waals surface area contributed by atoms with Crippen LogP contribution in [0, 0.1) is 6.92 Å². The summed E-state index contributed by atoms with van der Waals surface area (Å²) in [7, 11) is 0. The molecule has 0 aliphatic rings. The fourth-order valence-electron chi connectivity index (χ4n) is 2.30. The molecule has 0 amide bonds. The maximum atomic E-state index is 4.68. The summed E-state index contributed by atoms with van der Waals surface area (Å²) in [4.78, 5) is 9.33. The van der Waals surface area contributed by atoms with E-state index in [-0.39, 0.29) is 0 Å². The Morgan fingerprint density at radius 2 is 2.00 bits per heavy atom. The first-order valence-corrected chi connectivity index (χ1v) is 7.78. The van der Waals surface area contributed by atoms with Crippen LogP contribution in [-0.2, 0) is 12.8 Å². The summed E-state index contributed by atoms with van der Waals surface area (Å²) >= 11 is 3.50. The minimum absolute atomic E-state index is 0.753. The first-order valence-electron chi connectivity index (χ1n) is 6.98. The van der Waals surface area contributed by atoms with Crippen LogP contribution in [0.2, 0.25) is 0 Å². The normalized spacial score (nSPS) is 10.6. The van der Waals surface area contributed by atoms with Crippen molar-refractivity contribution in [3.05, 3.63) is 51.4 Å². The number of halogens is 1. The second-order valence-electron chi connectivity index (χ2n) is 4.74. The molecular weight excluding hydrogens is 314 g/mol. The summed E-state index contributed by atoms with van der Waals surface area (Å²) in [5.41, 5.74) is 3.50. The van der Waals surface area contributed by atoms with E-state index in [9.17, 15) is 0 Å². The molecule has 3 nitrogen and oxygen atoms in total. The third-order valence-electron chi connectivity index (χ3n) is 3.21. The minimum atomic E-state index is 0.753. The van der Waals surface area contributed by atoms with Crippen LogP contribution < -0.4 is 5.32 Å². The quantitative estimate of drug-likeness (QED) is 0.893.